The van der Waals surface area contributed by atoms with E-state index in [9.17, 15) is 4.79 Å². The molecule has 0 saturated heterocycles. The molecule has 0 aromatic heterocycles. The van der Waals surface area contributed by atoms with E-state index in [1.807, 2.05) is 0 Å². The lowest BCUT2D eigenvalue weighted by Crippen LogP contribution is -2.25. The molecule has 0 radical (unpaired) electrons. The van der Waals surface area contributed by atoms with Crippen LogP contribution in [0.2, 0.25) is 5.02 Å². The van der Waals surface area contributed by atoms with Gasteiger partial charge in [0.1, 0.15) is 5.75 Å². The fourth-order valence-electron chi connectivity index (χ4n) is 1.08. The first-order valence-corrected chi connectivity index (χ1v) is 4.83. The highest BCUT2D eigenvalue weighted by Crippen LogP contribution is 2.26. The van der Waals surface area contributed by atoms with Gasteiger partial charge >= 0.3 is 0 Å². The standard InChI is InChI=1S/C10H13ClN2O2/c1-12-6-10(14)13-9-4-3-7(15-2)5-8(9)11/h3-5,12H,6H2,1-2H3,(H,13,14). The number of hydrogen-bond acceptors (Lipinski definition) is 3. The van der Waals surface area contributed by atoms with E-state index in [1.165, 1.54) is 0 Å². The van der Waals surface area contributed by atoms with E-state index >= 15 is 0 Å². The number of carbonyl (C=O) groups is 1. The number of methoxy groups -OCH3 is 1. The summed E-state index contributed by atoms with van der Waals surface area (Å²) in [7, 11) is 3.26. The Kier molecular flexibility index (Phi) is 4.39. The van der Waals surface area contributed by atoms with Gasteiger partial charge in [-0.1, -0.05) is 11.6 Å². The average molecular weight is 229 g/mol. The van der Waals surface area contributed by atoms with Crippen LogP contribution in [0.1, 0.15) is 0 Å². The topological polar surface area (TPSA) is 50.4 Å². The second-order valence-electron chi connectivity index (χ2n) is 2.92. The Morgan fingerprint density at radius 1 is 1.53 bits per heavy atom. The maximum Gasteiger partial charge on any atom is 0.238 e. The molecule has 0 atom stereocenters. The summed E-state index contributed by atoms with van der Waals surface area (Å²) in [5.41, 5.74) is 0.581. The van der Waals surface area contributed by atoms with Crippen LogP contribution in [0.15, 0.2) is 18.2 Å². The van der Waals surface area contributed by atoms with E-state index in [1.54, 1.807) is 32.4 Å². The highest BCUT2D eigenvalue weighted by molar-refractivity contribution is 6.33. The zero-order chi connectivity index (χ0) is 11.3. The minimum atomic E-state index is -0.135. The van der Waals surface area contributed by atoms with E-state index < -0.39 is 0 Å². The first-order valence-electron chi connectivity index (χ1n) is 4.45. The third-order valence-corrected chi connectivity index (χ3v) is 2.10. The van der Waals surface area contributed by atoms with E-state index in [-0.39, 0.29) is 12.5 Å². The van der Waals surface area contributed by atoms with Crippen molar-refractivity contribution < 1.29 is 9.53 Å². The predicted molar refractivity (Wildman–Crippen MR) is 60.6 cm³/mol. The van der Waals surface area contributed by atoms with Crippen molar-refractivity contribution in [2.45, 2.75) is 0 Å². The molecule has 1 amide bonds. The number of anilines is 1. The molecular weight excluding hydrogens is 216 g/mol. The van der Waals surface area contributed by atoms with E-state index in [4.69, 9.17) is 16.3 Å². The molecule has 82 valence electrons. The third kappa shape index (κ3) is 3.42. The lowest BCUT2D eigenvalue weighted by molar-refractivity contribution is -0.115. The molecule has 0 heterocycles. The van der Waals surface area contributed by atoms with Crippen molar-refractivity contribution in [3.8, 4) is 5.75 Å². The van der Waals surface area contributed by atoms with Crippen molar-refractivity contribution >= 4 is 23.2 Å². The van der Waals surface area contributed by atoms with E-state index in [0.717, 1.165) is 0 Å². The molecule has 1 rings (SSSR count). The molecule has 0 aliphatic carbocycles. The second kappa shape index (κ2) is 5.58. The summed E-state index contributed by atoms with van der Waals surface area (Å²) in [6, 6.07) is 5.09. The molecule has 0 aliphatic heterocycles. The van der Waals surface area contributed by atoms with Crippen molar-refractivity contribution in [2.24, 2.45) is 0 Å². The van der Waals surface area contributed by atoms with Gasteiger partial charge < -0.3 is 15.4 Å². The van der Waals surface area contributed by atoms with Crippen LogP contribution in [-0.2, 0) is 4.79 Å². The summed E-state index contributed by atoms with van der Waals surface area (Å²) in [6.07, 6.45) is 0. The monoisotopic (exact) mass is 228 g/mol. The highest BCUT2D eigenvalue weighted by Gasteiger charge is 2.05. The lowest BCUT2D eigenvalue weighted by Gasteiger charge is -2.08. The molecule has 15 heavy (non-hydrogen) atoms. The van der Waals surface area contributed by atoms with Crippen molar-refractivity contribution in [3.63, 3.8) is 0 Å². The van der Waals surface area contributed by atoms with Crippen LogP contribution in [-0.4, -0.2) is 26.6 Å². The minimum absolute atomic E-state index is 0.135. The van der Waals surface area contributed by atoms with Crippen LogP contribution in [0.3, 0.4) is 0 Å². The molecule has 0 aliphatic rings. The second-order valence-corrected chi connectivity index (χ2v) is 3.33. The maximum atomic E-state index is 11.3. The molecule has 1 aromatic carbocycles. The number of carbonyl (C=O) groups excluding carboxylic acids is 1. The smallest absolute Gasteiger partial charge is 0.238 e. The lowest BCUT2D eigenvalue weighted by atomic mass is 10.3. The van der Waals surface area contributed by atoms with Gasteiger partial charge in [-0.05, 0) is 19.2 Å². The maximum absolute atomic E-state index is 11.3. The fraction of sp³-hybridized carbons (Fsp3) is 0.300. The molecule has 4 nitrogen and oxygen atoms in total. The number of likely N-dealkylation sites (N-methyl/N-ethyl adjacent to an activating group) is 1. The number of amides is 1. The van der Waals surface area contributed by atoms with Crippen LogP contribution in [0.25, 0.3) is 0 Å². The van der Waals surface area contributed by atoms with Gasteiger partial charge in [0, 0.05) is 6.07 Å². The number of hydrogen-bond donors (Lipinski definition) is 2. The SMILES string of the molecule is CNCC(=O)Nc1ccc(OC)cc1Cl. The summed E-state index contributed by atoms with van der Waals surface area (Å²) in [5.74, 6) is 0.524. The molecule has 0 unspecified atom stereocenters. The first kappa shape index (κ1) is 11.8. The van der Waals surface area contributed by atoms with E-state index in [2.05, 4.69) is 10.6 Å². The van der Waals surface area contributed by atoms with E-state index in [0.29, 0.717) is 16.5 Å². The Labute approximate surface area is 93.6 Å². The van der Waals surface area contributed by atoms with Gasteiger partial charge in [0.05, 0.1) is 24.4 Å². The molecule has 5 heteroatoms. The Morgan fingerprint density at radius 2 is 2.27 bits per heavy atom. The van der Waals surface area contributed by atoms with Crippen LogP contribution in [0.5, 0.6) is 5.75 Å². The van der Waals surface area contributed by atoms with Gasteiger partial charge in [0.25, 0.3) is 0 Å². The van der Waals surface area contributed by atoms with Gasteiger partial charge in [-0.25, -0.2) is 0 Å². The van der Waals surface area contributed by atoms with Crippen molar-refractivity contribution in [1.82, 2.24) is 5.32 Å². The molecule has 0 spiro atoms. The van der Waals surface area contributed by atoms with Crippen molar-refractivity contribution in [1.29, 1.82) is 0 Å². The normalized spacial score (nSPS) is 9.80. The Balaban J connectivity index is 2.73. The molecule has 1 aromatic rings. The molecule has 0 saturated carbocycles. The van der Waals surface area contributed by atoms with Crippen LogP contribution in [0, 0.1) is 0 Å². The van der Waals surface area contributed by atoms with Gasteiger partial charge in [-0.15, -0.1) is 0 Å². The number of nitrogens with one attached hydrogen (secondary N) is 2. The van der Waals surface area contributed by atoms with Crippen LogP contribution in [0.4, 0.5) is 5.69 Å². The first-order chi connectivity index (χ1) is 7.17. The molecular formula is C10H13ClN2O2. The Hall–Kier alpha value is -1.26. The quantitative estimate of drug-likeness (QED) is 0.821. The summed E-state index contributed by atoms with van der Waals surface area (Å²) < 4.78 is 4.99. The zero-order valence-corrected chi connectivity index (χ0v) is 9.39. The van der Waals surface area contributed by atoms with Crippen LogP contribution >= 0.6 is 11.6 Å². The summed E-state index contributed by atoms with van der Waals surface area (Å²) in [5, 5.41) is 5.88. The molecule has 0 bridgehead atoms. The summed E-state index contributed by atoms with van der Waals surface area (Å²) in [6.45, 7) is 0.252. The van der Waals surface area contributed by atoms with Crippen LogP contribution < -0.4 is 15.4 Å². The predicted octanol–water partition coefficient (Wildman–Crippen LogP) is 1.51. The average Bonchev–Trinajstić information content (AvgIpc) is 2.21. The number of halogens is 1. The third-order valence-electron chi connectivity index (χ3n) is 1.79. The van der Waals surface area contributed by atoms with Crippen molar-refractivity contribution in [3.05, 3.63) is 23.2 Å². The minimum Gasteiger partial charge on any atom is -0.497 e. The summed E-state index contributed by atoms with van der Waals surface area (Å²) >= 11 is 5.94. The number of benzene rings is 1. The van der Waals surface area contributed by atoms with Gasteiger partial charge in [0.2, 0.25) is 5.91 Å². The Morgan fingerprint density at radius 3 is 2.80 bits per heavy atom. The highest BCUT2D eigenvalue weighted by atomic mass is 35.5. The number of rotatable bonds is 4. The largest absolute Gasteiger partial charge is 0.497 e. The fourth-order valence-corrected chi connectivity index (χ4v) is 1.30. The molecule has 0 fully saturated rings. The van der Waals surface area contributed by atoms with Crippen molar-refractivity contribution in [2.75, 3.05) is 26.0 Å². The Bertz CT molecular complexity index is 355. The van der Waals surface area contributed by atoms with Gasteiger partial charge in [-0.3, -0.25) is 4.79 Å². The summed E-state index contributed by atoms with van der Waals surface area (Å²) in [4.78, 5) is 11.3. The zero-order valence-electron chi connectivity index (χ0n) is 8.63. The number of ether oxygens (including phenoxy) is 1. The van der Waals surface area contributed by atoms with Gasteiger partial charge in [-0.2, -0.15) is 0 Å². The molecule has 2 N–H and O–H groups in total. The van der Waals surface area contributed by atoms with Gasteiger partial charge in [0.15, 0.2) is 0 Å².